The minimum absolute atomic E-state index is 0. The number of rotatable bonds is 1. The molecular weight excluding hydrogens is 214 g/mol. The van der Waals surface area contributed by atoms with Crippen LogP contribution in [-0.2, 0) is 10.4 Å². The molecule has 10 heavy (non-hydrogen) atoms. The van der Waals surface area contributed by atoms with Gasteiger partial charge < -0.3 is 1.43 Å². The first kappa shape index (κ1) is 17.5. The van der Waals surface area contributed by atoms with E-state index in [0.29, 0.717) is 11.8 Å². The van der Waals surface area contributed by atoms with Crippen LogP contribution >= 0.6 is 23.2 Å². The van der Waals surface area contributed by atoms with Crippen LogP contribution in [0, 0.1) is 0 Å². The van der Waals surface area contributed by atoms with Crippen molar-refractivity contribution in [1.29, 1.82) is 0 Å². The van der Waals surface area contributed by atoms with Crippen molar-refractivity contribution in [2.45, 2.75) is 0 Å². The summed E-state index contributed by atoms with van der Waals surface area (Å²) in [6, 6.07) is 0. The summed E-state index contributed by atoms with van der Waals surface area (Å²) >= 11 is 10.1. The summed E-state index contributed by atoms with van der Waals surface area (Å²) < 4.78 is 31.6. The van der Waals surface area contributed by atoms with Crippen molar-refractivity contribution < 1.29 is 48.5 Å². The van der Waals surface area contributed by atoms with Gasteiger partial charge in [-0.2, -0.15) is 8.42 Å². The zero-order valence-corrected chi connectivity index (χ0v) is 9.62. The number of alkyl halides is 2. The van der Waals surface area contributed by atoms with Gasteiger partial charge in [-0.05, 0) is 0 Å². The molecule has 0 aromatic carbocycles. The number of hydrogen-bond donors (Lipinski definition) is 2. The maximum Gasteiger partial charge on any atom is 1.00 e. The fourth-order valence-corrected chi connectivity index (χ4v) is 0. The summed E-state index contributed by atoms with van der Waals surface area (Å²) in [5.41, 5.74) is 0. The van der Waals surface area contributed by atoms with Crippen molar-refractivity contribution in [3.8, 4) is 0 Å². The van der Waals surface area contributed by atoms with Crippen molar-refractivity contribution in [3.05, 3.63) is 0 Å². The Morgan fingerprint density at radius 1 is 1.20 bits per heavy atom. The molecule has 0 amide bonds. The Hall–Kier alpha value is 1.45. The van der Waals surface area contributed by atoms with Crippen LogP contribution in [0.5, 0.6) is 0 Å². The standard InChI is InChI=1S/C2H4Cl2.Na.H2O4S.H/c3-1-2-4;;1-5(2,3)4;/h1-2H2;;(H2,1,2,3,4);/q;+1;;-1. The molecule has 0 fully saturated rings. The average Bonchev–Trinajstić information content (AvgIpc) is 1.61. The van der Waals surface area contributed by atoms with Crippen LogP contribution in [-0.4, -0.2) is 29.3 Å². The molecule has 0 saturated heterocycles. The van der Waals surface area contributed by atoms with Gasteiger partial charge in [-0.15, -0.1) is 23.2 Å². The van der Waals surface area contributed by atoms with Gasteiger partial charge in [-0.1, -0.05) is 0 Å². The summed E-state index contributed by atoms with van der Waals surface area (Å²) in [6.07, 6.45) is 0. The van der Waals surface area contributed by atoms with Gasteiger partial charge in [-0.25, -0.2) is 0 Å². The van der Waals surface area contributed by atoms with E-state index < -0.39 is 10.4 Å². The van der Waals surface area contributed by atoms with Gasteiger partial charge in [0.25, 0.3) is 0 Å². The molecule has 0 saturated carbocycles. The molecule has 0 atom stereocenters. The minimum atomic E-state index is -4.67. The Morgan fingerprint density at radius 2 is 1.30 bits per heavy atom. The van der Waals surface area contributed by atoms with E-state index in [4.69, 9.17) is 40.7 Å². The Morgan fingerprint density at radius 3 is 1.30 bits per heavy atom. The van der Waals surface area contributed by atoms with E-state index in [1.807, 2.05) is 0 Å². The zero-order valence-electron chi connectivity index (χ0n) is 6.29. The molecule has 60 valence electrons. The molecule has 0 aliphatic rings. The summed E-state index contributed by atoms with van der Waals surface area (Å²) in [5, 5.41) is 0. The van der Waals surface area contributed by atoms with Crippen LogP contribution < -0.4 is 29.6 Å². The third-order valence-corrected chi connectivity index (χ3v) is 0.643. The Kier molecular flexibility index (Phi) is 18.3. The minimum Gasteiger partial charge on any atom is -1.00 e. The molecule has 0 spiro atoms. The molecule has 0 heterocycles. The van der Waals surface area contributed by atoms with Crippen LogP contribution in [0.25, 0.3) is 0 Å². The van der Waals surface area contributed by atoms with Crippen molar-refractivity contribution in [2.75, 3.05) is 11.8 Å². The van der Waals surface area contributed by atoms with Gasteiger partial charge in [0.05, 0.1) is 0 Å². The first-order chi connectivity index (χ1) is 3.91. The quantitative estimate of drug-likeness (QED) is 0.303. The van der Waals surface area contributed by atoms with Crippen molar-refractivity contribution >= 4 is 33.6 Å². The topological polar surface area (TPSA) is 74.6 Å². The van der Waals surface area contributed by atoms with Crippen LogP contribution in [0.2, 0.25) is 0 Å². The SMILES string of the molecule is ClCCCl.O=S(=O)(O)O.[H-].[Na+]. The first-order valence-corrected chi connectivity index (χ1v) is 4.20. The second kappa shape index (κ2) is 10.4. The van der Waals surface area contributed by atoms with E-state index >= 15 is 0 Å². The van der Waals surface area contributed by atoms with E-state index in [2.05, 4.69) is 0 Å². The molecule has 0 aliphatic carbocycles. The summed E-state index contributed by atoms with van der Waals surface area (Å²) in [6.45, 7) is 0. The Bertz CT molecular complexity index is 129. The molecule has 0 rings (SSSR count). The van der Waals surface area contributed by atoms with E-state index in [-0.39, 0.29) is 31.0 Å². The summed E-state index contributed by atoms with van der Waals surface area (Å²) in [7, 11) is -4.67. The van der Waals surface area contributed by atoms with E-state index in [1.165, 1.54) is 0 Å². The third-order valence-electron chi connectivity index (χ3n) is 0.0714. The smallest absolute Gasteiger partial charge is 1.00 e. The van der Waals surface area contributed by atoms with Gasteiger partial charge in [0.1, 0.15) is 0 Å². The van der Waals surface area contributed by atoms with Gasteiger partial charge in [0.15, 0.2) is 0 Å². The monoisotopic (exact) mass is 220 g/mol. The van der Waals surface area contributed by atoms with Crippen LogP contribution in [0.15, 0.2) is 0 Å². The number of halogens is 2. The van der Waals surface area contributed by atoms with Gasteiger partial charge in [0, 0.05) is 11.8 Å². The molecule has 0 bridgehead atoms. The zero-order chi connectivity index (χ0) is 7.91. The fraction of sp³-hybridized carbons (Fsp3) is 1.00. The summed E-state index contributed by atoms with van der Waals surface area (Å²) in [5.74, 6) is 1.11. The maximum absolute atomic E-state index is 8.74. The van der Waals surface area contributed by atoms with Crippen molar-refractivity contribution in [2.24, 2.45) is 0 Å². The molecular formula is C2H7Cl2NaO4S. The predicted molar refractivity (Wildman–Crippen MR) is 36.7 cm³/mol. The van der Waals surface area contributed by atoms with Crippen molar-refractivity contribution in [1.82, 2.24) is 0 Å². The molecule has 2 N–H and O–H groups in total. The van der Waals surface area contributed by atoms with Crippen LogP contribution in [0.4, 0.5) is 0 Å². The van der Waals surface area contributed by atoms with Crippen LogP contribution in [0.1, 0.15) is 1.43 Å². The second-order valence-electron chi connectivity index (χ2n) is 0.826. The van der Waals surface area contributed by atoms with Crippen LogP contribution in [0.3, 0.4) is 0 Å². The van der Waals surface area contributed by atoms with Gasteiger partial charge in [-0.3, -0.25) is 9.11 Å². The largest absolute Gasteiger partial charge is 1.00 e. The molecule has 8 heteroatoms. The predicted octanol–water partition coefficient (Wildman–Crippen LogP) is -2.07. The van der Waals surface area contributed by atoms with E-state index in [0.717, 1.165) is 0 Å². The van der Waals surface area contributed by atoms with E-state index in [9.17, 15) is 0 Å². The second-order valence-corrected chi connectivity index (χ2v) is 2.48. The molecule has 0 radical (unpaired) electrons. The average molecular weight is 221 g/mol. The molecule has 0 aliphatic heterocycles. The van der Waals surface area contributed by atoms with Crippen molar-refractivity contribution in [3.63, 3.8) is 0 Å². The molecule has 0 unspecified atom stereocenters. The first-order valence-electron chi connectivity index (χ1n) is 1.73. The third kappa shape index (κ3) is 112. The maximum atomic E-state index is 8.74. The molecule has 4 nitrogen and oxygen atoms in total. The molecule has 0 aromatic rings. The van der Waals surface area contributed by atoms with Gasteiger partial charge >= 0.3 is 40.0 Å². The van der Waals surface area contributed by atoms with Gasteiger partial charge in [0.2, 0.25) is 0 Å². The molecule has 0 aromatic heterocycles. The Balaban J connectivity index is -0.0000000383. The summed E-state index contributed by atoms with van der Waals surface area (Å²) in [4.78, 5) is 0. The fourth-order valence-electron chi connectivity index (χ4n) is 0. The number of hydrogen-bond acceptors (Lipinski definition) is 2. The normalized spacial score (nSPS) is 8.80. The van der Waals surface area contributed by atoms with E-state index in [1.54, 1.807) is 0 Å². The Labute approximate surface area is 93.2 Å².